The molecule has 0 atom stereocenters. The summed E-state index contributed by atoms with van der Waals surface area (Å²) in [6, 6.07) is 9.18. The van der Waals surface area contributed by atoms with E-state index in [4.69, 9.17) is 14.6 Å². The predicted octanol–water partition coefficient (Wildman–Crippen LogP) is 2.88. The van der Waals surface area contributed by atoms with Gasteiger partial charge in [0.05, 0.1) is 14.2 Å². The molecule has 0 aromatic heterocycles. The van der Waals surface area contributed by atoms with E-state index in [1.54, 1.807) is 18.2 Å². The number of carbonyl (C=O) groups is 2. The molecule has 138 valence electrons. The molecule has 0 bridgehead atoms. The van der Waals surface area contributed by atoms with Gasteiger partial charge in [0.1, 0.15) is 23.9 Å². The number of hydrogen-bond donors (Lipinski definition) is 1. The summed E-state index contributed by atoms with van der Waals surface area (Å²) in [7, 11) is 2.99. The third-order valence-corrected chi connectivity index (χ3v) is 3.90. The van der Waals surface area contributed by atoms with Crippen molar-refractivity contribution in [2.24, 2.45) is 0 Å². The number of methoxy groups -OCH3 is 2. The fraction of sp³-hybridized carbons (Fsp3) is 0.263. The van der Waals surface area contributed by atoms with E-state index in [0.29, 0.717) is 17.1 Å². The van der Waals surface area contributed by atoms with Gasteiger partial charge < -0.3 is 19.5 Å². The number of nitrogens with zero attached hydrogens (tertiary/aromatic N) is 1. The van der Waals surface area contributed by atoms with Crippen LogP contribution in [0.1, 0.15) is 21.5 Å². The van der Waals surface area contributed by atoms with Crippen molar-refractivity contribution in [1.29, 1.82) is 0 Å². The van der Waals surface area contributed by atoms with Crippen molar-refractivity contribution in [3.05, 3.63) is 58.9 Å². The first-order chi connectivity index (χ1) is 12.3. The molecule has 0 fully saturated rings. The first-order valence-corrected chi connectivity index (χ1v) is 7.83. The van der Waals surface area contributed by atoms with Gasteiger partial charge in [-0.25, -0.2) is 4.39 Å². The number of aliphatic carboxylic acids is 1. The average Bonchev–Trinajstić information content (AvgIpc) is 2.62. The third-order valence-electron chi connectivity index (χ3n) is 3.90. The van der Waals surface area contributed by atoms with Gasteiger partial charge in [-0.15, -0.1) is 0 Å². The van der Waals surface area contributed by atoms with Gasteiger partial charge in [0.15, 0.2) is 0 Å². The Morgan fingerprint density at radius 3 is 2.27 bits per heavy atom. The number of halogens is 1. The Hall–Kier alpha value is -3.09. The maximum absolute atomic E-state index is 13.8. The normalized spacial score (nSPS) is 10.3. The van der Waals surface area contributed by atoms with Crippen LogP contribution in [-0.4, -0.2) is 42.6 Å². The summed E-state index contributed by atoms with van der Waals surface area (Å²) in [4.78, 5) is 25.2. The Kier molecular flexibility index (Phi) is 6.16. The lowest BCUT2D eigenvalue weighted by Crippen LogP contribution is -2.35. The monoisotopic (exact) mass is 361 g/mol. The fourth-order valence-electron chi connectivity index (χ4n) is 2.55. The topological polar surface area (TPSA) is 76.1 Å². The van der Waals surface area contributed by atoms with Gasteiger partial charge in [0.25, 0.3) is 5.91 Å². The van der Waals surface area contributed by atoms with Crippen molar-refractivity contribution in [3.63, 3.8) is 0 Å². The average molecular weight is 361 g/mol. The van der Waals surface area contributed by atoms with Crippen LogP contribution in [-0.2, 0) is 11.3 Å². The molecule has 2 aromatic carbocycles. The van der Waals surface area contributed by atoms with Crippen LogP contribution < -0.4 is 9.47 Å². The SMILES string of the molecule is COc1cc(CN(CC(=O)O)C(=O)c2cccc(F)c2C)cc(OC)c1. The van der Waals surface area contributed by atoms with Crippen molar-refractivity contribution in [3.8, 4) is 11.5 Å². The molecule has 0 radical (unpaired) electrons. The molecule has 0 aliphatic heterocycles. The lowest BCUT2D eigenvalue weighted by molar-refractivity contribution is -0.137. The van der Waals surface area contributed by atoms with Gasteiger partial charge in [-0.2, -0.15) is 0 Å². The minimum Gasteiger partial charge on any atom is -0.497 e. The molecular formula is C19H20FNO5. The molecule has 0 saturated heterocycles. The minimum atomic E-state index is -1.16. The summed E-state index contributed by atoms with van der Waals surface area (Å²) in [5.74, 6) is -1.21. The summed E-state index contributed by atoms with van der Waals surface area (Å²) < 4.78 is 24.2. The van der Waals surface area contributed by atoms with Gasteiger partial charge in [0, 0.05) is 18.2 Å². The molecule has 7 heteroatoms. The number of benzene rings is 2. The molecule has 0 heterocycles. The zero-order valence-electron chi connectivity index (χ0n) is 14.8. The summed E-state index contributed by atoms with van der Waals surface area (Å²) >= 11 is 0. The largest absolute Gasteiger partial charge is 0.497 e. The lowest BCUT2D eigenvalue weighted by Gasteiger charge is -2.22. The molecule has 0 saturated carbocycles. The fourth-order valence-corrected chi connectivity index (χ4v) is 2.55. The maximum atomic E-state index is 13.8. The van der Waals surface area contributed by atoms with Crippen LogP contribution in [0.2, 0.25) is 0 Å². The van der Waals surface area contributed by atoms with Crippen LogP contribution in [0.15, 0.2) is 36.4 Å². The second-order valence-electron chi connectivity index (χ2n) is 5.69. The molecule has 2 aromatic rings. The molecule has 1 amide bonds. The number of carboxylic acids is 1. The zero-order valence-corrected chi connectivity index (χ0v) is 14.8. The molecule has 0 aliphatic carbocycles. The van der Waals surface area contributed by atoms with Gasteiger partial charge in [-0.05, 0) is 42.3 Å². The second-order valence-corrected chi connectivity index (χ2v) is 5.69. The molecule has 0 unspecified atom stereocenters. The highest BCUT2D eigenvalue weighted by atomic mass is 19.1. The van der Waals surface area contributed by atoms with Crippen molar-refractivity contribution in [2.45, 2.75) is 13.5 Å². The number of amides is 1. The summed E-state index contributed by atoms with van der Waals surface area (Å²) in [5, 5.41) is 9.17. The predicted molar refractivity (Wildman–Crippen MR) is 93.1 cm³/mol. The zero-order chi connectivity index (χ0) is 19.3. The van der Waals surface area contributed by atoms with Crippen molar-refractivity contribution in [2.75, 3.05) is 20.8 Å². The van der Waals surface area contributed by atoms with E-state index in [1.807, 2.05) is 0 Å². The van der Waals surface area contributed by atoms with Crippen LogP contribution in [0.4, 0.5) is 4.39 Å². The number of ether oxygens (including phenoxy) is 2. The third kappa shape index (κ3) is 4.50. The Morgan fingerprint density at radius 1 is 1.12 bits per heavy atom. The second kappa shape index (κ2) is 8.33. The number of hydrogen-bond acceptors (Lipinski definition) is 4. The Morgan fingerprint density at radius 2 is 1.73 bits per heavy atom. The summed E-state index contributed by atoms with van der Waals surface area (Å²) in [6.45, 7) is 0.971. The van der Waals surface area contributed by atoms with E-state index in [-0.39, 0.29) is 17.7 Å². The molecule has 2 rings (SSSR count). The highest BCUT2D eigenvalue weighted by Gasteiger charge is 2.22. The summed E-state index contributed by atoms with van der Waals surface area (Å²) in [6.07, 6.45) is 0. The summed E-state index contributed by atoms with van der Waals surface area (Å²) in [5.41, 5.74) is 0.932. The molecule has 26 heavy (non-hydrogen) atoms. The van der Waals surface area contributed by atoms with Crippen LogP contribution >= 0.6 is 0 Å². The van der Waals surface area contributed by atoms with Crippen molar-refractivity contribution >= 4 is 11.9 Å². The highest BCUT2D eigenvalue weighted by molar-refractivity contribution is 5.97. The van der Waals surface area contributed by atoms with Crippen molar-refractivity contribution < 1.29 is 28.6 Å². The van der Waals surface area contributed by atoms with E-state index < -0.39 is 24.2 Å². The van der Waals surface area contributed by atoms with E-state index in [2.05, 4.69) is 0 Å². The number of rotatable bonds is 7. The highest BCUT2D eigenvalue weighted by Crippen LogP contribution is 2.24. The Balaban J connectivity index is 2.37. The minimum absolute atomic E-state index is 0.00858. The Bertz CT molecular complexity index is 799. The van der Waals surface area contributed by atoms with E-state index >= 15 is 0 Å². The molecule has 0 spiro atoms. The van der Waals surface area contributed by atoms with Gasteiger partial charge in [-0.1, -0.05) is 6.07 Å². The molecule has 0 aliphatic rings. The standard InChI is InChI=1S/C19H20FNO5/c1-12-16(5-4-6-17(12)20)19(24)21(11-18(22)23)10-13-7-14(25-2)9-15(8-13)26-3/h4-9H,10-11H2,1-3H3,(H,22,23). The van der Waals surface area contributed by atoms with Gasteiger partial charge >= 0.3 is 5.97 Å². The first kappa shape index (κ1) is 19.2. The first-order valence-electron chi connectivity index (χ1n) is 7.83. The van der Waals surface area contributed by atoms with Crippen LogP contribution in [0, 0.1) is 12.7 Å². The number of carbonyl (C=O) groups excluding carboxylic acids is 1. The van der Waals surface area contributed by atoms with E-state index in [9.17, 15) is 14.0 Å². The Labute approximate surface area is 150 Å². The number of carboxylic acid groups (broad SMARTS) is 1. The van der Waals surface area contributed by atoms with Gasteiger partial charge in [0.2, 0.25) is 0 Å². The molecule has 1 N–H and O–H groups in total. The van der Waals surface area contributed by atoms with Crippen molar-refractivity contribution in [1.82, 2.24) is 4.90 Å². The van der Waals surface area contributed by atoms with E-state index in [0.717, 1.165) is 4.90 Å². The lowest BCUT2D eigenvalue weighted by atomic mass is 10.1. The van der Waals surface area contributed by atoms with Crippen LogP contribution in [0.3, 0.4) is 0 Å². The smallest absolute Gasteiger partial charge is 0.323 e. The van der Waals surface area contributed by atoms with Crippen LogP contribution in [0.25, 0.3) is 0 Å². The quantitative estimate of drug-likeness (QED) is 0.821. The van der Waals surface area contributed by atoms with Gasteiger partial charge in [-0.3, -0.25) is 9.59 Å². The molecule has 6 nitrogen and oxygen atoms in total. The maximum Gasteiger partial charge on any atom is 0.323 e. The van der Waals surface area contributed by atoms with Crippen LogP contribution in [0.5, 0.6) is 11.5 Å². The van der Waals surface area contributed by atoms with E-state index in [1.165, 1.54) is 39.3 Å². The molecular weight excluding hydrogens is 341 g/mol.